The van der Waals surface area contributed by atoms with Crippen molar-refractivity contribution in [2.75, 3.05) is 41.0 Å². The smallest absolute Gasteiger partial charge is 0.309 e. The lowest BCUT2D eigenvalue weighted by molar-refractivity contribution is -0.149. The van der Waals surface area contributed by atoms with E-state index in [1.54, 1.807) is 33.2 Å². The molecule has 0 saturated carbocycles. The zero-order valence-corrected chi connectivity index (χ0v) is 20.5. The fraction of sp³-hybridized carbons (Fsp3) is 0.370. The maximum absolute atomic E-state index is 13.7. The van der Waals surface area contributed by atoms with Gasteiger partial charge in [0.15, 0.2) is 11.5 Å². The molecule has 2 aromatic carbocycles. The van der Waals surface area contributed by atoms with Gasteiger partial charge in [-0.25, -0.2) is 4.98 Å². The average molecular weight is 479 g/mol. The van der Waals surface area contributed by atoms with Gasteiger partial charge in [0.25, 0.3) is 5.91 Å². The first kappa shape index (κ1) is 24.3. The molecule has 2 heterocycles. The van der Waals surface area contributed by atoms with Gasteiger partial charge in [-0.3, -0.25) is 9.59 Å². The first-order chi connectivity index (χ1) is 17.0. The molecular formula is C27H30N2O6. The van der Waals surface area contributed by atoms with Gasteiger partial charge in [-0.15, -0.1) is 0 Å². The summed E-state index contributed by atoms with van der Waals surface area (Å²) < 4.78 is 21.6. The van der Waals surface area contributed by atoms with Crippen LogP contribution in [0.3, 0.4) is 0 Å². The molecule has 8 heteroatoms. The third-order valence-electron chi connectivity index (χ3n) is 6.31. The number of ether oxygens (including phenoxy) is 4. The highest BCUT2D eigenvalue weighted by molar-refractivity contribution is 6.07. The van der Waals surface area contributed by atoms with Gasteiger partial charge in [0.2, 0.25) is 5.75 Å². The molecule has 0 N–H and O–H groups in total. The minimum absolute atomic E-state index is 0.0837. The van der Waals surface area contributed by atoms with Crippen molar-refractivity contribution in [3.05, 3.63) is 48.0 Å². The van der Waals surface area contributed by atoms with Crippen LogP contribution in [0.2, 0.25) is 0 Å². The molecule has 1 aliphatic rings. The number of aromatic nitrogens is 1. The van der Waals surface area contributed by atoms with Crippen LogP contribution in [0.5, 0.6) is 17.2 Å². The summed E-state index contributed by atoms with van der Waals surface area (Å²) in [7, 11) is 4.67. The van der Waals surface area contributed by atoms with Crippen LogP contribution >= 0.6 is 0 Å². The number of methoxy groups -OCH3 is 3. The number of piperidine rings is 1. The van der Waals surface area contributed by atoms with E-state index in [4.69, 9.17) is 23.9 Å². The quantitative estimate of drug-likeness (QED) is 0.467. The number of carbonyl (C=O) groups is 2. The molecule has 8 nitrogen and oxygen atoms in total. The Hall–Kier alpha value is -3.81. The average Bonchev–Trinajstić information content (AvgIpc) is 2.91. The summed E-state index contributed by atoms with van der Waals surface area (Å²) in [6.07, 6.45) is 1.18. The second-order valence-electron chi connectivity index (χ2n) is 8.30. The van der Waals surface area contributed by atoms with E-state index in [1.807, 2.05) is 42.5 Å². The number of amides is 1. The molecule has 0 atom stereocenters. The van der Waals surface area contributed by atoms with Crippen LogP contribution in [0.15, 0.2) is 42.5 Å². The number of rotatable bonds is 7. The largest absolute Gasteiger partial charge is 0.493 e. The Morgan fingerprint density at radius 3 is 2.23 bits per heavy atom. The lowest BCUT2D eigenvalue weighted by Gasteiger charge is -2.31. The summed E-state index contributed by atoms with van der Waals surface area (Å²) >= 11 is 0. The summed E-state index contributed by atoms with van der Waals surface area (Å²) in [4.78, 5) is 32.4. The number of nitrogens with zero attached hydrogens (tertiary/aromatic N) is 2. The lowest BCUT2D eigenvalue weighted by atomic mass is 9.95. The number of fused-ring (bicyclic) bond motifs is 1. The Bertz CT molecular complexity index is 1210. The second kappa shape index (κ2) is 10.6. The third-order valence-corrected chi connectivity index (χ3v) is 6.31. The van der Waals surface area contributed by atoms with E-state index in [2.05, 4.69) is 0 Å². The van der Waals surface area contributed by atoms with Crippen LogP contribution in [-0.2, 0) is 9.53 Å². The molecule has 184 valence electrons. The minimum Gasteiger partial charge on any atom is -0.493 e. The van der Waals surface area contributed by atoms with E-state index in [1.165, 1.54) is 0 Å². The van der Waals surface area contributed by atoms with Crippen LogP contribution in [0.4, 0.5) is 0 Å². The highest BCUT2D eigenvalue weighted by Crippen LogP contribution is 2.41. The second-order valence-corrected chi connectivity index (χ2v) is 8.30. The van der Waals surface area contributed by atoms with Crippen LogP contribution in [0, 0.1) is 5.92 Å². The molecule has 1 amide bonds. The van der Waals surface area contributed by atoms with Gasteiger partial charge >= 0.3 is 5.97 Å². The summed E-state index contributed by atoms with van der Waals surface area (Å²) in [6.45, 7) is 3.17. The number of hydrogen-bond acceptors (Lipinski definition) is 7. The van der Waals surface area contributed by atoms with Crippen molar-refractivity contribution in [2.24, 2.45) is 5.92 Å². The molecule has 1 saturated heterocycles. The van der Waals surface area contributed by atoms with Gasteiger partial charge in [-0.1, -0.05) is 18.2 Å². The summed E-state index contributed by atoms with van der Waals surface area (Å²) in [5, 5.41) is 0.779. The summed E-state index contributed by atoms with van der Waals surface area (Å²) in [5.41, 5.74) is 2.63. The topological polar surface area (TPSA) is 87.2 Å². The van der Waals surface area contributed by atoms with Gasteiger partial charge in [0, 0.05) is 24.0 Å². The Balaban J connectivity index is 1.71. The molecule has 1 fully saturated rings. The predicted octanol–water partition coefficient (Wildman–Crippen LogP) is 4.34. The van der Waals surface area contributed by atoms with E-state index >= 15 is 0 Å². The van der Waals surface area contributed by atoms with Gasteiger partial charge in [-0.05, 0) is 44.0 Å². The Labute approximate surface area is 204 Å². The lowest BCUT2D eigenvalue weighted by Crippen LogP contribution is -2.40. The number of pyridine rings is 1. The summed E-state index contributed by atoms with van der Waals surface area (Å²) in [5.74, 6) is 1.07. The fourth-order valence-electron chi connectivity index (χ4n) is 4.48. The zero-order chi connectivity index (χ0) is 24.9. The fourth-order valence-corrected chi connectivity index (χ4v) is 4.48. The number of likely N-dealkylation sites (tertiary alicyclic amines) is 1. The van der Waals surface area contributed by atoms with E-state index in [-0.39, 0.29) is 17.8 Å². The highest BCUT2D eigenvalue weighted by Gasteiger charge is 2.29. The highest BCUT2D eigenvalue weighted by atomic mass is 16.5. The van der Waals surface area contributed by atoms with Gasteiger partial charge in [0.05, 0.1) is 50.6 Å². The van der Waals surface area contributed by atoms with Crippen LogP contribution in [0.25, 0.3) is 22.2 Å². The van der Waals surface area contributed by atoms with Crippen LogP contribution < -0.4 is 14.2 Å². The van der Waals surface area contributed by atoms with E-state index in [0.29, 0.717) is 66.6 Å². The van der Waals surface area contributed by atoms with Gasteiger partial charge in [0.1, 0.15) is 0 Å². The SMILES string of the molecule is CCOC(=O)C1CCN(C(=O)c2cc(-c3cc(OC)c(OC)c(OC)c3)nc3ccccc23)CC1. The third kappa shape index (κ3) is 4.87. The molecule has 0 radical (unpaired) electrons. The minimum atomic E-state index is -0.182. The first-order valence-corrected chi connectivity index (χ1v) is 11.7. The van der Waals surface area contributed by atoms with Gasteiger partial charge < -0.3 is 23.8 Å². The molecule has 0 aliphatic carbocycles. The van der Waals surface area contributed by atoms with Crippen LogP contribution in [-0.4, -0.2) is 62.8 Å². The monoisotopic (exact) mass is 478 g/mol. The van der Waals surface area contributed by atoms with E-state index < -0.39 is 0 Å². The van der Waals surface area contributed by atoms with Crippen molar-refractivity contribution in [3.63, 3.8) is 0 Å². The zero-order valence-electron chi connectivity index (χ0n) is 20.5. The standard InChI is InChI=1S/C27H30N2O6/c1-5-35-27(31)17-10-12-29(13-11-17)26(30)20-16-22(28-21-9-7-6-8-19(20)21)18-14-23(32-2)25(34-4)24(15-18)33-3/h6-9,14-17H,5,10-13H2,1-4H3. The molecule has 1 aliphatic heterocycles. The molecule has 0 unspecified atom stereocenters. The van der Waals surface area contributed by atoms with E-state index in [9.17, 15) is 9.59 Å². The van der Waals surface area contributed by atoms with Crippen molar-refractivity contribution >= 4 is 22.8 Å². The van der Waals surface area contributed by atoms with E-state index in [0.717, 1.165) is 10.9 Å². The van der Waals surface area contributed by atoms with Crippen molar-refractivity contribution < 1.29 is 28.5 Å². The summed E-state index contributed by atoms with van der Waals surface area (Å²) in [6, 6.07) is 13.0. The van der Waals surface area contributed by atoms with Gasteiger partial charge in [-0.2, -0.15) is 0 Å². The molecule has 0 bridgehead atoms. The Morgan fingerprint density at radius 1 is 0.971 bits per heavy atom. The number of esters is 1. The molecule has 3 aromatic rings. The van der Waals surface area contributed by atoms with Crippen molar-refractivity contribution in [1.82, 2.24) is 9.88 Å². The van der Waals surface area contributed by atoms with Crippen LogP contribution in [0.1, 0.15) is 30.1 Å². The maximum Gasteiger partial charge on any atom is 0.309 e. The molecular weight excluding hydrogens is 448 g/mol. The molecule has 35 heavy (non-hydrogen) atoms. The van der Waals surface area contributed by atoms with Crippen molar-refractivity contribution in [3.8, 4) is 28.5 Å². The Kier molecular flexibility index (Phi) is 7.39. The first-order valence-electron chi connectivity index (χ1n) is 11.7. The Morgan fingerprint density at radius 2 is 1.63 bits per heavy atom. The maximum atomic E-state index is 13.7. The predicted molar refractivity (Wildman–Crippen MR) is 132 cm³/mol. The molecule has 0 spiro atoms. The number of benzene rings is 2. The molecule has 1 aromatic heterocycles. The molecule has 4 rings (SSSR count). The van der Waals surface area contributed by atoms with Crippen molar-refractivity contribution in [2.45, 2.75) is 19.8 Å². The normalized spacial score (nSPS) is 14.0. The van der Waals surface area contributed by atoms with Crippen molar-refractivity contribution in [1.29, 1.82) is 0 Å². The number of carbonyl (C=O) groups excluding carboxylic acids is 2. The number of hydrogen-bond donors (Lipinski definition) is 0. The number of para-hydroxylation sites is 1.